The highest BCUT2D eigenvalue weighted by molar-refractivity contribution is 7.70. The Balaban J connectivity index is 1.71. The minimum absolute atomic E-state index is 0.0261. The number of anilines is 3. The number of nitrogens with zero attached hydrogens (tertiary/aromatic N) is 2. The Hall–Kier alpha value is -2.93. The Bertz CT molecular complexity index is 1140. The molecule has 1 aromatic carbocycles. The number of nitrogens with two attached hydrogens (primary N) is 1. The zero-order valence-corrected chi connectivity index (χ0v) is 21.5. The maximum absolute atomic E-state index is 13.7. The van der Waals surface area contributed by atoms with E-state index in [2.05, 4.69) is 25.3 Å². The molecule has 0 radical (unpaired) electrons. The van der Waals surface area contributed by atoms with Gasteiger partial charge in [0.25, 0.3) is 0 Å². The summed E-state index contributed by atoms with van der Waals surface area (Å²) < 4.78 is 66.1. The molecule has 37 heavy (non-hydrogen) atoms. The summed E-state index contributed by atoms with van der Waals surface area (Å²) in [6.45, 7) is 2.20. The summed E-state index contributed by atoms with van der Waals surface area (Å²) in [4.78, 5) is 19.1. The number of alkyl halides is 3. The van der Waals surface area contributed by atoms with Gasteiger partial charge in [-0.3, -0.25) is 4.79 Å². The third-order valence-corrected chi connectivity index (χ3v) is 7.34. The molecular formula is C24H33F3N6O3S. The normalized spacial score (nSPS) is 21.4. The molecule has 1 aliphatic rings. The average molecular weight is 543 g/mol. The highest BCUT2D eigenvalue weighted by Gasteiger charge is 2.35. The lowest BCUT2D eigenvalue weighted by Crippen LogP contribution is -2.41. The topological polar surface area (TPSA) is 139 Å². The molecule has 2 unspecified atom stereocenters. The van der Waals surface area contributed by atoms with Crippen molar-refractivity contribution in [3.63, 3.8) is 0 Å². The van der Waals surface area contributed by atoms with Crippen molar-refractivity contribution in [2.75, 3.05) is 17.2 Å². The van der Waals surface area contributed by atoms with Gasteiger partial charge in [-0.05, 0) is 62.8 Å². The fourth-order valence-electron chi connectivity index (χ4n) is 4.58. The second-order valence-corrected chi connectivity index (χ2v) is 10.4. The number of hydrogen-bond acceptors (Lipinski definition) is 7. The van der Waals surface area contributed by atoms with Crippen LogP contribution in [0.5, 0.6) is 0 Å². The predicted molar refractivity (Wildman–Crippen MR) is 136 cm³/mol. The first-order chi connectivity index (χ1) is 17.4. The molecule has 2 aromatic rings. The van der Waals surface area contributed by atoms with Gasteiger partial charge in [-0.15, -0.1) is 0 Å². The zero-order chi connectivity index (χ0) is 27.1. The number of hydrogen-bond donors (Lipinski definition) is 5. The van der Waals surface area contributed by atoms with Crippen LogP contribution >= 0.6 is 0 Å². The smallest absolute Gasteiger partial charge is 0.369 e. The first-order valence-electron chi connectivity index (χ1n) is 12.2. The van der Waals surface area contributed by atoms with E-state index in [-0.39, 0.29) is 17.7 Å². The first-order valence-corrected chi connectivity index (χ1v) is 13.4. The Morgan fingerprint density at radius 3 is 2.43 bits per heavy atom. The molecule has 0 bridgehead atoms. The van der Waals surface area contributed by atoms with Crippen LogP contribution in [0.1, 0.15) is 74.2 Å². The van der Waals surface area contributed by atoms with E-state index in [1.807, 2.05) is 6.92 Å². The highest BCUT2D eigenvalue weighted by Crippen LogP contribution is 2.35. The summed E-state index contributed by atoms with van der Waals surface area (Å²) in [5.41, 5.74) is 4.55. The van der Waals surface area contributed by atoms with E-state index in [1.54, 1.807) is 12.1 Å². The van der Waals surface area contributed by atoms with Crippen molar-refractivity contribution in [2.45, 2.75) is 70.0 Å². The van der Waals surface area contributed by atoms with Crippen molar-refractivity contribution < 1.29 is 26.4 Å². The molecule has 1 aliphatic carbocycles. The Labute approximate surface area is 215 Å². The molecule has 2 atom stereocenters. The van der Waals surface area contributed by atoms with E-state index >= 15 is 0 Å². The van der Waals surface area contributed by atoms with E-state index < -0.39 is 34.1 Å². The van der Waals surface area contributed by atoms with Gasteiger partial charge in [-0.25, -0.2) is 18.1 Å². The van der Waals surface area contributed by atoms with Gasteiger partial charge >= 0.3 is 6.18 Å². The van der Waals surface area contributed by atoms with E-state index in [4.69, 9.17) is 5.73 Å². The lowest BCUT2D eigenvalue weighted by Gasteiger charge is -2.30. The monoisotopic (exact) mass is 542 g/mol. The van der Waals surface area contributed by atoms with Crippen LogP contribution < -0.4 is 21.1 Å². The summed E-state index contributed by atoms with van der Waals surface area (Å²) >= 11 is 0. The van der Waals surface area contributed by atoms with Gasteiger partial charge < -0.3 is 16.4 Å². The maximum Gasteiger partial charge on any atom is 0.421 e. The molecule has 1 fully saturated rings. The Morgan fingerprint density at radius 2 is 1.78 bits per heavy atom. The molecule has 0 saturated heterocycles. The number of benzene rings is 1. The largest absolute Gasteiger partial charge is 0.421 e. The summed E-state index contributed by atoms with van der Waals surface area (Å²) in [6.07, 6.45) is 2.61. The number of primary amides is 1. The van der Waals surface area contributed by atoms with Crippen LogP contribution in [0.3, 0.4) is 0 Å². The van der Waals surface area contributed by atoms with Crippen LogP contribution in [-0.2, 0) is 17.1 Å². The highest BCUT2D eigenvalue weighted by atomic mass is 32.2. The number of carbonyl (C=O) groups excluding carboxylic acids is 1. The molecule has 0 spiro atoms. The molecule has 5 N–H and O–H groups in total. The third kappa shape index (κ3) is 8.85. The molecule has 1 heterocycles. The number of amides is 1. The number of aromatic nitrogens is 2. The van der Waals surface area contributed by atoms with Crippen molar-refractivity contribution in [1.82, 2.24) is 14.7 Å². The van der Waals surface area contributed by atoms with Crippen molar-refractivity contribution in [2.24, 2.45) is 11.7 Å². The average Bonchev–Trinajstić information content (AvgIpc) is 2.81. The van der Waals surface area contributed by atoms with Gasteiger partial charge in [0.2, 0.25) is 22.7 Å². The minimum atomic E-state index is -4.64. The standard InChI is InChI=1S/C24H33F3N6O3S/c1-23(33-37(35)36)12-4-2-3-6-16(7-5-13-23)14-29-21-19(24(25,26)27)15-30-22(32-21)31-18-10-8-17(9-11-18)20(28)34/h8-11,15-16,37H,2-7,12-14H2,1H3,(H2,28,34)(H,33,35,36)(H2,29,30,31,32). The van der Waals surface area contributed by atoms with Gasteiger partial charge in [0.05, 0.1) is 0 Å². The summed E-state index contributed by atoms with van der Waals surface area (Å²) in [5.74, 6) is -0.823. The van der Waals surface area contributed by atoms with Gasteiger partial charge in [-0.2, -0.15) is 18.2 Å². The molecule has 3 rings (SSSR count). The number of thiol groups is 1. The molecular weight excluding hydrogens is 509 g/mol. The van der Waals surface area contributed by atoms with E-state index in [1.165, 1.54) is 12.1 Å². The molecule has 1 amide bonds. The Kier molecular flexibility index (Phi) is 9.71. The number of rotatable bonds is 8. The van der Waals surface area contributed by atoms with Crippen LogP contribution in [0.25, 0.3) is 0 Å². The van der Waals surface area contributed by atoms with Gasteiger partial charge in [0.1, 0.15) is 11.4 Å². The molecule has 1 saturated carbocycles. The summed E-state index contributed by atoms with van der Waals surface area (Å²) in [6, 6.07) is 6.09. The summed E-state index contributed by atoms with van der Waals surface area (Å²) in [7, 11) is -2.71. The lowest BCUT2D eigenvalue weighted by molar-refractivity contribution is -0.137. The SMILES string of the molecule is CC1(N[SH](=O)=O)CCCCCC(CNc2nc(Nc3ccc(C(N)=O)cc3)ncc2C(F)(F)F)CCC1. The Morgan fingerprint density at radius 1 is 1.11 bits per heavy atom. The van der Waals surface area contributed by atoms with Crippen LogP contribution in [-0.4, -0.2) is 36.4 Å². The van der Waals surface area contributed by atoms with E-state index in [9.17, 15) is 26.4 Å². The molecule has 204 valence electrons. The molecule has 1 aromatic heterocycles. The van der Waals surface area contributed by atoms with E-state index in [0.29, 0.717) is 24.2 Å². The minimum Gasteiger partial charge on any atom is -0.369 e. The van der Waals surface area contributed by atoms with Gasteiger partial charge in [0.15, 0.2) is 0 Å². The number of carbonyl (C=O) groups is 1. The van der Waals surface area contributed by atoms with Crippen LogP contribution in [0.15, 0.2) is 30.5 Å². The van der Waals surface area contributed by atoms with Crippen molar-refractivity contribution in [3.8, 4) is 0 Å². The number of halogens is 3. The van der Waals surface area contributed by atoms with E-state index in [0.717, 1.165) is 51.1 Å². The van der Waals surface area contributed by atoms with Crippen LogP contribution in [0.2, 0.25) is 0 Å². The van der Waals surface area contributed by atoms with Gasteiger partial charge in [0, 0.05) is 29.5 Å². The van der Waals surface area contributed by atoms with Crippen molar-refractivity contribution >= 4 is 34.3 Å². The maximum atomic E-state index is 13.7. The second-order valence-electron chi connectivity index (χ2n) is 9.69. The van der Waals surface area contributed by atoms with Gasteiger partial charge in [-0.1, -0.05) is 25.7 Å². The van der Waals surface area contributed by atoms with Crippen molar-refractivity contribution in [1.29, 1.82) is 0 Å². The fourth-order valence-corrected chi connectivity index (χ4v) is 5.25. The third-order valence-electron chi connectivity index (χ3n) is 6.62. The number of nitrogens with one attached hydrogen (secondary N) is 3. The molecule has 0 aliphatic heterocycles. The lowest BCUT2D eigenvalue weighted by atomic mass is 9.84. The molecule has 9 nitrogen and oxygen atoms in total. The quantitative estimate of drug-likeness (QED) is 0.312. The second kappa shape index (κ2) is 12.5. The first kappa shape index (κ1) is 28.6. The predicted octanol–water partition coefficient (Wildman–Crippen LogP) is 4.38. The zero-order valence-electron chi connectivity index (χ0n) is 20.6. The fraction of sp³-hybridized carbons (Fsp3) is 0.542. The molecule has 13 heteroatoms. The van der Waals surface area contributed by atoms with Crippen LogP contribution in [0.4, 0.5) is 30.6 Å². The van der Waals surface area contributed by atoms with Crippen molar-refractivity contribution in [3.05, 3.63) is 41.6 Å². The van der Waals surface area contributed by atoms with Crippen LogP contribution in [0, 0.1) is 5.92 Å². The summed E-state index contributed by atoms with van der Waals surface area (Å²) in [5, 5.41) is 5.74.